The second kappa shape index (κ2) is 5.87. The molecule has 1 fully saturated rings. The minimum absolute atomic E-state index is 0.583. The highest BCUT2D eigenvalue weighted by Gasteiger charge is 2.24. The first-order valence-corrected chi connectivity index (χ1v) is 8.07. The summed E-state index contributed by atoms with van der Waals surface area (Å²) in [6.45, 7) is 3.98. The summed E-state index contributed by atoms with van der Waals surface area (Å²) in [5, 5.41) is 15.7. The Balaban J connectivity index is 1.54. The molecule has 6 nitrogen and oxygen atoms in total. The van der Waals surface area contributed by atoms with Crippen molar-refractivity contribution in [3.05, 3.63) is 41.6 Å². The molecule has 0 atom stereocenters. The summed E-state index contributed by atoms with van der Waals surface area (Å²) in [4.78, 5) is 5.63. The molecule has 118 valence electrons. The van der Waals surface area contributed by atoms with Crippen LogP contribution in [0, 0.1) is 0 Å². The number of nitrogens with one attached hydrogen (secondary N) is 2. The lowest BCUT2D eigenvalue weighted by Gasteiger charge is -2.30. The highest BCUT2D eigenvalue weighted by molar-refractivity contribution is 5.85. The van der Waals surface area contributed by atoms with Crippen molar-refractivity contribution >= 4 is 22.9 Å². The second-order valence-corrected chi connectivity index (χ2v) is 6.02. The maximum atomic E-state index is 4.07. The second-order valence-electron chi connectivity index (χ2n) is 6.02. The topological polar surface area (TPSA) is 73.5 Å². The number of aromatic nitrogens is 5. The molecule has 2 aromatic heterocycles. The number of piperidine rings is 1. The fraction of sp³-hybridized carbons (Fsp3) is 0.353. The number of benzene rings is 1. The van der Waals surface area contributed by atoms with Gasteiger partial charge in [-0.15, -0.1) is 5.10 Å². The normalized spacial score (nSPS) is 16.7. The number of tetrazole rings is 1. The van der Waals surface area contributed by atoms with E-state index < -0.39 is 0 Å². The minimum Gasteiger partial charge on any atom is -0.361 e. The molecular formula is C17H20N6. The molecule has 3 heterocycles. The summed E-state index contributed by atoms with van der Waals surface area (Å²) >= 11 is 0. The molecule has 3 aromatic rings. The fourth-order valence-electron chi connectivity index (χ4n) is 3.48. The molecule has 1 saturated heterocycles. The third-order valence-corrected chi connectivity index (χ3v) is 4.65. The highest BCUT2D eigenvalue weighted by Crippen LogP contribution is 2.34. The van der Waals surface area contributed by atoms with Gasteiger partial charge in [0, 0.05) is 30.2 Å². The van der Waals surface area contributed by atoms with Crippen LogP contribution in [0.1, 0.15) is 36.8 Å². The lowest BCUT2D eigenvalue weighted by atomic mass is 9.89. The zero-order valence-corrected chi connectivity index (χ0v) is 13.2. The van der Waals surface area contributed by atoms with Crippen LogP contribution in [-0.4, -0.2) is 38.7 Å². The number of hydrogen-bond donors (Lipinski definition) is 2. The standard InChI is InChI=1S/C17H20N6/c1-2-3-12-4-5-14-15(11-18-16(14)10-12)13-6-8-23(9-7-13)17-19-21-22-20-17/h2-5,10-11,13,18H,6-9H2,1H3,(H,19,20,21,22). The molecule has 2 N–H and O–H groups in total. The number of nitrogens with zero attached hydrogens (tertiary/aromatic N) is 4. The van der Waals surface area contributed by atoms with Gasteiger partial charge >= 0.3 is 0 Å². The van der Waals surface area contributed by atoms with Crippen LogP contribution in [-0.2, 0) is 0 Å². The van der Waals surface area contributed by atoms with Crippen molar-refractivity contribution in [2.24, 2.45) is 0 Å². The van der Waals surface area contributed by atoms with Gasteiger partial charge in [0.25, 0.3) is 5.95 Å². The molecule has 0 amide bonds. The van der Waals surface area contributed by atoms with Gasteiger partial charge in [-0.3, -0.25) is 0 Å². The van der Waals surface area contributed by atoms with Crippen LogP contribution in [0.5, 0.6) is 0 Å². The molecule has 0 aliphatic carbocycles. The van der Waals surface area contributed by atoms with Gasteiger partial charge in [0.15, 0.2) is 0 Å². The number of aromatic amines is 2. The quantitative estimate of drug-likeness (QED) is 0.780. The highest BCUT2D eigenvalue weighted by atomic mass is 15.5. The number of rotatable bonds is 3. The van der Waals surface area contributed by atoms with Crippen molar-refractivity contribution in [2.45, 2.75) is 25.7 Å². The average molecular weight is 308 g/mol. The van der Waals surface area contributed by atoms with Gasteiger partial charge in [0.05, 0.1) is 0 Å². The molecule has 4 rings (SSSR count). The summed E-state index contributed by atoms with van der Waals surface area (Å²) in [5.74, 6) is 1.29. The lowest BCUT2D eigenvalue weighted by Crippen LogP contribution is -2.33. The molecule has 0 radical (unpaired) electrons. The zero-order chi connectivity index (χ0) is 15.6. The number of H-pyrrole nitrogens is 2. The summed E-state index contributed by atoms with van der Waals surface area (Å²) in [7, 11) is 0. The maximum Gasteiger partial charge on any atom is 0.265 e. The van der Waals surface area contributed by atoms with Crippen LogP contribution in [0.25, 0.3) is 17.0 Å². The molecule has 0 saturated carbocycles. The van der Waals surface area contributed by atoms with Crippen LogP contribution in [0.15, 0.2) is 30.5 Å². The van der Waals surface area contributed by atoms with Crippen LogP contribution in [0.2, 0.25) is 0 Å². The smallest absolute Gasteiger partial charge is 0.265 e. The summed E-state index contributed by atoms with van der Waals surface area (Å²) in [5.41, 5.74) is 3.89. The monoisotopic (exact) mass is 308 g/mol. The van der Waals surface area contributed by atoms with Gasteiger partial charge in [-0.25, -0.2) is 0 Å². The molecule has 0 unspecified atom stereocenters. The molecule has 1 aromatic carbocycles. The average Bonchev–Trinajstić information content (AvgIpc) is 3.25. The van der Waals surface area contributed by atoms with E-state index in [2.05, 4.69) is 67.1 Å². The lowest BCUT2D eigenvalue weighted by molar-refractivity contribution is 0.502. The van der Waals surface area contributed by atoms with E-state index in [1.165, 1.54) is 22.0 Å². The molecule has 23 heavy (non-hydrogen) atoms. The summed E-state index contributed by atoms with van der Waals surface area (Å²) in [6.07, 6.45) is 8.59. The third kappa shape index (κ3) is 2.60. The van der Waals surface area contributed by atoms with Crippen molar-refractivity contribution in [3.8, 4) is 0 Å². The Morgan fingerprint density at radius 2 is 2.13 bits per heavy atom. The predicted octanol–water partition coefficient (Wildman–Crippen LogP) is 3.10. The number of hydrogen-bond acceptors (Lipinski definition) is 4. The van der Waals surface area contributed by atoms with Gasteiger partial charge < -0.3 is 9.88 Å². The van der Waals surface area contributed by atoms with Gasteiger partial charge in [0.2, 0.25) is 0 Å². The largest absolute Gasteiger partial charge is 0.361 e. The van der Waals surface area contributed by atoms with Gasteiger partial charge in [-0.2, -0.15) is 5.21 Å². The van der Waals surface area contributed by atoms with E-state index in [1.54, 1.807) is 0 Å². The molecule has 6 heteroatoms. The van der Waals surface area contributed by atoms with E-state index in [0.29, 0.717) is 11.9 Å². The number of allylic oxidation sites excluding steroid dienone is 1. The minimum atomic E-state index is 0.583. The van der Waals surface area contributed by atoms with Crippen molar-refractivity contribution in [2.75, 3.05) is 18.0 Å². The first-order chi connectivity index (χ1) is 11.3. The van der Waals surface area contributed by atoms with Crippen LogP contribution >= 0.6 is 0 Å². The Bertz CT molecular complexity index is 809. The maximum absolute atomic E-state index is 4.07. The molecule has 1 aliphatic heterocycles. The molecule has 0 spiro atoms. The predicted molar refractivity (Wildman–Crippen MR) is 91.4 cm³/mol. The van der Waals surface area contributed by atoms with Crippen LogP contribution in [0.4, 0.5) is 5.95 Å². The zero-order valence-electron chi connectivity index (χ0n) is 13.2. The number of fused-ring (bicyclic) bond motifs is 1. The Labute approximate surface area is 134 Å². The van der Waals surface area contributed by atoms with Crippen molar-refractivity contribution in [1.29, 1.82) is 0 Å². The Kier molecular flexibility index (Phi) is 3.57. The van der Waals surface area contributed by atoms with E-state index in [9.17, 15) is 0 Å². The summed E-state index contributed by atoms with van der Waals surface area (Å²) < 4.78 is 0. The van der Waals surface area contributed by atoms with Crippen LogP contribution in [0.3, 0.4) is 0 Å². The first kappa shape index (κ1) is 14.0. The molecule has 0 bridgehead atoms. The Hall–Kier alpha value is -2.63. The van der Waals surface area contributed by atoms with Gasteiger partial charge in [0.1, 0.15) is 0 Å². The SMILES string of the molecule is CC=Cc1ccc2c(C3CCN(c4nn[nH]n4)CC3)c[nH]c2c1. The van der Waals surface area contributed by atoms with Crippen molar-refractivity contribution in [3.63, 3.8) is 0 Å². The van der Waals surface area contributed by atoms with E-state index >= 15 is 0 Å². The van der Waals surface area contributed by atoms with E-state index in [-0.39, 0.29) is 0 Å². The van der Waals surface area contributed by atoms with Crippen LogP contribution < -0.4 is 4.90 Å². The molecule has 1 aliphatic rings. The van der Waals surface area contributed by atoms with Crippen molar-refractivity contribution in [1.82, 2.24) is 25.6 Å². The van der Waals surface area contributed by atoms with E-state index in [0.717, 1.165) is 25.9 Å². The summed E-state index contributed by atoms with van der Waals surface area (Å²) in [6, 6.07) is 6.64. The Morgan fingerprint density at radius 3 is 2.87 bits per heavy atom. The molecular weight excluding hydrogens is 288 g/mol. The first-order valence-electron chi connectivity index (χ1n) is 8.07. The Morgan fingerprint density at radius 1 is 1.26 bits per heavy atom. The van der Waals surface area contributed by atoms with E-state index in [1.807, 2.05) is 6.92 Å². The number of anilines is 1. The van der Waals surface area contributed by atoms with Gasteiger partial charge in [-0.05, 0) is 48.1 Å². The van der Waals surface area contributed by atoms with Gasteiger partial charge in [-0.1, -0.05) is 29.4 Å². The van der Waals surface area contributed by atoms with Crippen molar-refractivity contribution < 1.29 is 0 Å². The fourth-order valence-corrected chi connectivity index (χ4v) is 3.48. The van der Waals surface area contributed by atoms with E-state index in [4.69, 9.17) is 0 Å². The third-order valence-electron chi connectivity index (χ3n) is 4.65.